The topological polar surface area (TPSA) is 46.5 Å². The molecule has 1 atom stereocenters. The van der Waals surface area contributed by atoms with E-state index in [9.17, 15) is 9.90 Å². The zero-order chi connectivity index (χ0) is 13.3. The summed E-state index contributed by atoms with van der Waals surface area (Å²) in [5.41, 5.74) is -1.78. The Kier molecular flexibility index (Phi) is 4.20. The first-order valence-electron chi connectivity index (χ1n) is 6.12. The molecule has 3 nitrogen and oxygen atoms in total. The Bertz CT molecular complexity index is 299. The van der Waals surface area contributed by atoms with E-state index in [-0.39, 0.29) is 11.4 Å². The van der Waals surface area contributed by atoms with Crippen LogP contribution in [-0.2, 0) is 9.53 Å². The average molecular weight is 260 g/mol. The van der Waals surface area contributed by atoms with Crippen LogP contribution in [0.5, 0.6) is 0 Å². The Morgan fingerprint density at radius 1 is 1.41 bits per heavy atom. The highest BCUT2D eigenvalue weighted by molar-refractivity contribution is 7.99. The van der Waals surface area contributed by atoms with Crippen LogP contribution in [0.2, 0.25) is 0 Å². The highest BCUT2D eigenvalue weighted by atomic mass is 32.2. The SMILES string of the molecule is CCOC(=O)C(C)(C)C1(O)CSCC(C)(C)C1. The molecule has 0 aliphatic carbocycles. The molecular formula is C13H24O3S. The maximum Gasteiger partial charge on any atom is 0.314 e. The Morgan fingerprint density at radius 3 is 2.47 bits per heavy atom. The van der Waals surface area contributed by atoms with Crippen LogP contribution in [0.3, 0.4) is 0 Å². The fourth-order valence-corrected chi connectivity index (χ4v) is 3.85. The summed E-state index contributed by atoms with van der Waals surface area (Å²) >= 11 is 1.71. The largest absolute Gasteiger partial charge is 0.465 e. The normalized spacial score (nSPS) is 28.8. The third kappa shape index (κ3) is 2.97. The van der Waals surface area contributed by atoms with Crippen molar-refractivity contribution in [3.05, 3.63) is 0 Å². The van der Waals surface area contributed by atoms with Crippen LogP contribution in [0.1, 0.15) is 41.0 Å². The molecule has 0 aromatic carbocycles. The number of carbonyl (C=O) groups is 1. The van der Waals surface area contributed by atoms with Crippen LogP contribution in [0, 0.1) is 10.8 Å². The van der Waals surface area contributed by atoms with Gasteiger partial charge in [0.1, 0.15) is 0 Å². The van der Waals surface area contributed by atoms with E-state index >= 15 is 0 Å². The molecule has 0 aromatic rings. The number of hydrogen-bond acceptors (Lipinski definition) is 4. The first-order chi connectivity index (χ1) is 7.65. The lowest BCUT2D eigenvalue weighted by atomic mass is 9.68. The molecule has 1 heterocycles. The van der Waals surface area contributed by atoms with Gasteiger partial charge in [-0.25, -0.2) is 0 Å². The smallest absolute Gasteiger partial charge is 0.314 e. The fraction of sp³-hybridized carbons (Fsp3) is 0.923. The van der Waals surface area contributed by atoms with Crippen molar-refractivity contribution in [3.8, 4) is 0 Å². The fourth-order valence-electron chi connectivity index (χ4n) is 2.29. The van der Waals surface area contributed by atoms with Gasteiger partial charge in [0.25, 0.3) is 0 Å². The molecule has 1 aliphatic heterocycles. The number of carbonyl (C=O) groups excluding carboxylic acids is 1. The molecule has 1 saturated heterocycles. The second-order valence-corrected chi connectivity index (χ2v) is 7.20. The van der Waals surface area contributed by atoms with Gasteiger partial charge in [0.05, 0.1) is 17.6 Å². The third-order valence-electron chi connectivity index (χ3n) is 3.55. The highest BCUT2D eigenvalue weighted by Crippen LogP contribution is 2.47. The van der Waals surface area contributed by atoms with Crippen LogP contribution in [-0.4, -0.2) is 34.8 Å². The number of rotatable bonds is 3. The minimum Gasteiger partial charge on any atom is -0.465 e. The summed E-state index contributed by atoms with van der Waals surface area (Å²) in [4.78, 5) is 12.0. The molecule has 0 aromatic heterocycles. The zero-order valence-electron chi connectivity index (χ0n) is 11.5. The van der Waals surface area contributed by atoms with E-state index in [0.29, 0.717) is 18.8 Å². The third-order valence-corrected chi connectivity index (χ3v) is 5.22. The van der Waals surface area contributed by atoms with E-state index in [1.807, 2.05) is 0 Å². The summed E-state index contributed by atoms with van der Waals surface area (Å²) in [6.45, 7) is 9.98. The van der Waals surface area contributed by atoms with Gasteiger partial charge in [-0.1, -0.05) is 13.8 Å². The summed E-state index contributed by atoms with van der Waals surface area (Å²) in [5.74, 6) is 1.32. The average Bonchev–Trinajstić information content (AvgIpc) is 2.15. The Morgan fingerprint density at radius 2 is 2.00 bits per heavy atom. The van der Waals surface area contributed by atoms with Gasteiger partial charge in [0.2, 0.25) is 0 Å². The van der Waals surface area contributed by atoms with Gasteiger partial charge < -0.3 is 9.84 Å². The zero-order valence-corrected chi connectivity index (χ0v) is 12.3. The van der Waals surface area contributed by atoms with Crippen molar-refractivity contribution in [1.29, 1.82) is 0 Å². The Hall–Kier alpha value is -0.220. The van der Waals surface area contributed by atoms with Gasteiger partial charge in [-0.2, -0.15) is 11.8 Å². The second kappa shape index (κ2) is 4.81. The maximum absolute atomic E-state index is 12.0. The van der Waals surface area contributed by atoms with Crippen LogP contribution < -0.4 is 0 Å². The van der Waals surface area contributed by atoms with Gasteiger partial charge in [-0.3, -0.25) is 4.79 Å². The van der Waals surface area contributed by atoms with E-state index in [1.54, 1.807) is 32.5 Å². The van der Waals surface area contributed by atoms with Crippen molar-refractivity contribution in [2.45, 2.75) is 46.6 Å². The summed E-state index contributed by atoms with van der Waals surface area (Å²) in [6, 6.07) is 0. The molecule has 0 amide bonds. The lowest BCUT2D eigenvalue weighted by molar-refractivity contribution is -0.171. The quantitative estimate of drug-likeness (QED) is 0.792. The minimum atomic E-state index is -0.980. The van der Waals surface area contributed by atoms with E-state index < -0.39 is 11.0 Å². The van der Waals surface area contributed by atoms with Crippen molar-refractivity contribution >= 4 is 17.7 Å². The lowest BCUT2D eigenvalue weighted by Gasteiger charge is -2.48. The molecule has 4 heteroatoms. The maximum atomic E-state index is 12.0. The standard InChI is InChI=1S/C13H24O3S/c1-6-16-10(14)12(4,5)13(15)7-11(2,3)8-17-9-13/h15H,6-9H2,1-5H3. The van der Waals surface area contributed by atoms with Crippen molar-refractivity contribution in [2.75, 3.05) is 18.1 Å². The van der Waals surface area contributed by atoms with Crippen LogP contribution in [0.15, 0.2) is 0 Å². The number of esters is 1. The Labute approximate surface area is 108 Å². The van der Waals surface area contributed by atoms with Crippen LogP contribution in [0.4, 0.5) is 0 Å². The molecule has 0 spiro atoms. The van der Waals surface area contributed by atoms with Gasteiger partial charge in [0.15, 0.2) is 0 Å². The molecule has 0 radical (unpaired) electrons. The molecule has 1 fully saturated rings. The number of hydrogen-bond donors (Lipinski definition) is 1. The highest BCUT2D eigenvalue weighted by Gasteiger charge is 2.53. The van der Waals surface area contributed by atoms with Crippen molar-refractivity contribution < 1.29 is 14.6 Å². The van der Waals surface area contributed by atoms with E-state index in [4.69, 9.17) is 4.74 Å². The van der Waals surface area contributed by atoms with Gasteiger partial charge in [0, 0.05) is 5.75 Å². The molecule has 1 aliphatic rings. The minimum absolute atomic E-state index is 0.0570. The molecule has 100 valence electrons. The van der Waals surface area contributed by atoms with Crippen LogP contribution in [0.25, 0.3) is 0 Å². The molecule has 17 heavy (non-hydrogen) atoms. The number of thioether (sulfide) groups is 1. The van der Waals surface area contributed by atoms with E-state index in [2.05, 4.69) is 13.8 Å². The van der Waals surface area contributed by atoms with E-state index in [1.165, 1.54) is 0 Å². The summed E-state index contributed by atoms with van der Waals surface area (Å²) in [5, 5.41) is 10.8. The molecule has 0 saturated carbocycles. The van der Waals surface area contributed by atoms with Crippen LogP contribution >= 0.6 is 11.8 Å². The van der Waals surface area contributed by atoms with Gasteiger partial charge >= 0.3 is 5.97 Å². The molecular weight excluding hydrogens is 236 g/mol. The predicted octanol–water partition coefficient (Wildman–Crippen LogP) is 2.47. The monoisotopic (exact) mass is 260 g/mol. The van der Waals surface area contributed by atoms with E-state index in [0.717, 1.165) is 5.75 Å². The van der Waals surface area contributed by atoms with Crippen molar-refractivity contribution in [1.82, 2.24) is 0 Å². The Balaban J connectivity index is 2.91. The number of aliphatic hydroxyl groups is 1. The summed E-state index contributed by atoms with van der Waals surface area (Å²) < 4.78 is 5.09. The lowest BCUT2D eigenvalue weighted by Crippen LogP contribution is -2.56. The first-order valence-corrected chi connectivity index (χ1v) is 7.27. The number of ether oxygens (including phenoxy) is 1. The molecule has 1 N–H and O–H groups in total. The molecule has 1 unspecified atom stereocenters. The first kappa shape index (κ1) is 14.8. The van der Waals surface area contributed by atoms with Crippen molar-refractivity contribution in [3.63, 3.8) is 0 Å². The van der Waals surface area contributed by atoms with Gasteiger partial charge in [-0.15, -0.1) is 0 Å². The van der Waals surface area contributed by atoms with Gasteiger partial charge in [-0.05, 0) is 38.4 Å². The molecule has 1 rings (SSSR count). The second-order valence-electron chi connectivity index (χ2n) is 6.21. The summed E-state index contributed by atoms with van der Waals surface area (Å²) in [7, 11) is 0. The summed E-state index contributed by atoms with van der Waals surface area (Å²) in [6.07, 6.45) is 0.638. The van der Waals surface area contributed by atoms with Crippen molar-refractivity contribution in [2.24, 2.45) is 10.8 Å². The predicted molar refractivity (Wildman–Crippen MR) is 71.1 cm³/mol. The molecule has 0 bridgehead atoms.